The molecule has 2 heterocycles. The molecule has 0 unspecified atom stereocenters. The summed E-state index contributed by atoms with van der Waals surface area (Å²) in [6, 6.07) is 17.7. The Morgan fingerprint density at radius 1 is 0.970 bits per heavy atom. The SMILES string of the molecule is CCOc1ccc(CN2CCc3nnc(CCNC(=O)COc4ccccc4)n3CC2)cc1. The van der Waals surface area contributed by atoms with E-state index < -0.39 is 0 Å². The molecular weight excluding hydrogens is 418 g/mol. The van der Waals surface area contributed by atoms with E-state index in [4.69, 9.17) is 9.47 Å². The Bertz CT molecular complexity index is 1020. The number of amides is 1. The molecule has 0 radical (unpaired) electrons. The first-order valence-electron chi connectivity index (χ1n) is 11.5. The Morgan fingerprint density at radius 3 is 2.55 bits per heavy atom. The largest absolute Gasteiger partial charge is 0.494 e. The van der Waals surface area contributed by atoms with Gasteiger partial charge in [0.1, 0.15) is 23.1 Å². The number of rotatable bonds is 10. The summed E-state index contributed by atoms with van der Waals surface area (Å²) in [7, 11) is 0. The minimum atomic E-state index is -0.143. The first-order chi connectivity index (χ1) is 16.2. The number of fused-ring (bicyclic) bond motifs is 1. The number of aromatic nitrogens is 3. The summed E-state index contributed by atoms with van der Waals surface area (Å²) >= 11 is 0. The molecule has 2 aromatic carbocycles. The number of benzene rings is 2. The van der Waals surface area contributed by atoms with E-state index in [0.29, 0.717) is 25.3 Å². The van der Waals surface area contributed by atoms with Gasteiger partial charge in [-0.3, -0.25) is 9.69 Å². The van der Waals surface area contributed by atoms with Crippen LogP contribution in [0.2, 0.25) is 0 Å². The zero-order chi connectivity index (χ0) is 22.9. The summed E-state index contributed by atoms with van der Waals surface area (Å²) in [5.41, 5.74) is 1.27. The van der Waals surface area contributed by atoms with E-state index in [1.807, 2.05) is 49.4 Å². The average Bonchev–Trinajstić information content (AvgIpc) is 3.11. The maximum atomic E-state index is 12.1. The van der Waals surface area contributed by atoms with Crippen molar-refractivity contribution in [3.8, 4) is 11.5 Å². The third kappa shape index (κ3) is 6.55. The first kappa shape index (κ1) is 22.8. The summed E-state index contributed by atoms with van der Waals surface area (Å²) in [6.07, 6.45) is 1.50. The molecule has 8 heteroatoms. The highest BCUT2D eigenvalue weighted by atomic mass is 16.5. The van der Waals surface area contributed by atoms with Crippen LogP contribution in [0.25, 0.3) is 0 Å². The fourth-order valence-electron chi connectivity index (χ4n) is 3.92. The lowest BCUT2D eigenvalue weighted by atomic mass is 10.2. The molecule has 0 atom stereocenters. The van der Waals surface area contributed by atoms with Gasteiger partial charge in [0, 0.05) is 45.6 Å². The van der Waals surface area contributed by atoms with Gasteiger partial charge < -0.3 is 19.4 Å². The highest BCUT2D eigenvalue weighted by Gasteiger charge is 2.19. The maximum Gasteiger partial charge on any atom is 0.257 e. The van der Waals surface area contributed by atoms with Gasteiger partial charge >= 0.3 is 0 Å². The van der Waals surface area contributed by atoms with Crippen molar-refractivity contribution in [3.63, 3.8) is 0 Å². The third-order valence-electron chi connectivity index (χ3n) is 5.62. The Labute approximate surface area is 194 Å². The summed E-state index contributed by atoms with van der Waals surface area (Å²) in [6.45, 7) is 6.80. The van der Waals surface area contributed by atoms with Crippen LogP contribution in [-0.2, 0) is 30.7 Å². The first-order valence-corrected chi connectivity index (χ1v) is 11.5. The predicted molar refractivity (Wildman–Crippen MR) is 125 cm³/mol. The van der Waals surface area contributed by atoms with Crippen LogP contribution in [0.4, 0.5) is 0 Å². The normalized spacial score (nSPS) is 13.7. The molecule has 4 rings (SSSR count). The number of carbonyl (C=O) groups is 1. The van der Waals surface area contributed by atoms with E-state index in [1.54, 1.807) is 0 Å². The topological polar surface area (TPSA) is 81.5 Å². The minimum Gasteiger partial charge on any atom is -0.494 e. The van der Waals surface area contributed by atoms with Gasteiger partial charge in [0.15, 0.2) is 6.61 Å². The van der Waals surface area contributed by atoms with Gasteiger partial charge in [0.2, 0.25) is 0 Å². The highest BCUT2D eigenvalue weighted by Crippen LogP contribution is 2.16. The Hall–Kier alpha value is -3.39. The summed E-state index contributed by atoms with van der Waals surface area (Å²) in [5, 5.41) is 11.7. The van der Waals surface area contributed by atoms with Crippen molar-refractivity contribution in [1.82, 2.24) is 25.0 Å². The molecule has 0 saturated carbocycles. The molecule has 8 nitrogen and oxygen atoms in total. The Kier molecular flexibility index (Phi) is 7.92. The van der Waals surface area contributed by atoms with Crippen LogP contribution >= 0.6 is 0 Å². The van der Waals surface area contributed by atoms with Gasteiger partial charge in [0.05, 0.1) is 6.61 Å². The number of hydrogen-bond acceptors (Lipinski definition) is 6. The van der Waals surface area contributed by atoms with E-state index in [9.17, 15) is 4.79 Å². The maximum absolute atomic E-state index is 12.1. The number of hydrogen-bond donors (Lipinski definition) is 1. The predicted octanol–water partition coefficient (Wildman–Crippen LogP) is 2.47. The Balaban J connectivity index is 1.23. The summed E-state index contributed by atoms with van der Waals surface area (Å²) in [5.74, 6) is 3.38. The van der Waals surface area contributed by atoms with E-state index in [0.717, 1.165) is 50.0 Å². The lowest BCUT2D eigenvalue weighted by Gasteiger charge is -2.20. The van der Waals surface area contributed by atoms with Crippen molar-refractivity contribution in [2.75, 3.05) is 32.8 Å². The molecule has 0 aliphatic carbocycles. The average molecular weight is 450 g/mol. The van der Waals surface area contributed by atoms with Gasteiger partial charge in [-0.25, -0.2) is 0 Å². The third-order valence-corrected chi connectivity index (χ3v) is 5.62. The molecule has 1 aromatic heterocycles. The molecule has 1 aliphatic rings. The molecule has 0 fully saturated rings. The van der Waals surface area contributed by atoms with Crippen LogP contribution in [0.3, 0.4) is 0 Å². The van der Waals surface area contributed by atoms with Gasteiger partial charge in [-0.15, -0.1) is 10.2 Å². The second-order valence-electron chi connectivity index (χ2n) is 7.99. The van der Waals surface area contributed by atoms with E-state index in [1.165, 1.54) is 5.56 Å². The van der Waals surface area contributed by atoms with Crippen molar-refractivity contribution < 1.29 is 14.3 Å². The standard InChI is InChI=1S/C25H31N5O3/c1-2-32-22-10-8-20(9-11-22)18-29-15-13-24-28-27-23(30(24)17-16-29)12-14-26-25(31)19-33-21-6-4-3-5-7-21/h3-11H,2,12-19H2,1H3,(H,26,31). The molecule has 33 heavy (non-hydrogen) atoms. The summed E-state index contributed by atoms with van der Waals surface area (Å²) < 4.78 is 13.2. The molecule has 174 valence electrons. The van der Waals surface area contributed by atoms with Crippen molar-refractivity contribution in [2.24, 2.45) is 0 Å². The molecule has 0 spiro atoms. The smallest absolute Gasteiger partial charge is 0.257 e. The molecular formula is C25H31N5O3. The van der Waals surface area contributed by atoms with E-state index in [2.05, 4.69) is 37.1 Å². The van der Waals surface area contributed by atoms with Gasteiger partial charge in [0.25, 0.3) is 5.91 Å². The minimum absolute atomic E-state index is 0.00244. The molecule has 1 aliphatic heterocycles. The zero-order valence-electron chi connectivity index (χ0n) is 19.1. The molecule has 1 N–H and O–H groups in total. The van der Waals surface area contributed by atoms with Crippen LogP contribution < -0.4 is 14.8 Å². The van der Waals surface area contributed by atoms with Gasteiger partial charge in [-0.1, -0.05) is 30.3 Å². The quantitative estimate of drug-likeness (QED) is 0.512. The second kappa shape index (κ2) is 11.5. The van der Waals surface area contributed by atoms with Crippen LogP contribution in [0.5, 0.6) is 11.5 Å². The fraction of sp³-hybridized carbons (Fsp3) is 0.400. The number of nitrogens with zero attached hydrogens (tertiary/aromatic N) is 4. The number of para-hydroxylation sites is 1. The zero-order valence-corrected chi connectivity index (χ0v) is 19.1. The number of carbonyl (C=O) groups excluding carboxylic acids is 1. The van der Waals surface area contributed by atoms with E-state index >= 15 is 0 Å². The van der Waals surface area contributed by atoms with Crippen LogP contribution in [-0.4, -0.2) is 58.4 Å². The number of ether oxygens (including phenoxy) is 2. The highest BCUT2D eigenvalue weighted by molar-refractivity contribution is 5.77. The lowest BCUT2D eigenvalue weighted by molar-refractivity contribution is -0.123. The summed E-state index contributed by atoms with van der Waals surface area (Å²) in [4.78, 5) is 14.5. The number of nitrogens with one attached hydrogen (secondary N) is 1. The van der Waals surface area contributed by atoms with Gasteiger partial charge in [-0.2, -0.15) is 0 Å². The van der Waals surface area contributed by atoms with Crippen LogP contribution in [0, 0.1) is 0 Å². The van der Waals surface area contributed by atoms with Crippen LogP contribution in [0.1, 0.15) is 24.1 Å². The molecule has 0 saturated heterocycles. The molecule has 3 aromatic rings. The van der Waals surface area contributed by atoms with Crippen LogP contribution in [0.15, 0.2) is 54.6 Å². The second-order valence-corrected chi connectivity index (χ2v) is 7.99. The lowest BCUT2D eigenvalue weighted by Crippen LogP contribution is -2.31. The Morgan fingerprint density at radius 2 is 1.76 bits per heavy atom. The van der Waals surface area contributed by atoms with Gasteiger partial charge in [-0.05, 0) is 36.8 Å². The van der Waals surface area contributed by atoms with E-state index in [-0.39, 0.29) is 12.5 Å². The molecule has 1 amide bonds. The van der Waals surface area contributed by atoms with Crippen molar-refractivity contribution in [3.05, 3.63) is 71.8 Å². The fourth-order valence-corrected chi connectivity index (χ4v) is 3.92. The van der Waals surface area contributed by atoms with Crippen molar-refractivity contribution >= 4 is 5.91 Å². The van der Waals surface area contributed by atoms with Crippen molar-refractivity contribution in [1.29, 1.82) is 0 Å². The van der Waals surface area contributed by atoms with Crippen molar-refractivity contribution in [2.45, 2.75) is 32.9 Å². The monoisotopic (exact) mass is 449 g/mol. The molecule has 0 bridgehead atoms.